The molecular formula is C22H22FN3O3. The number of nitrogens with one attached hydrogen (secondary N) is 1. The average Bonchev–Trinajstić information content (AvgIpc) is 3.14. The van der Waals surface area contributed by atoms with E-state index >= 15 is 0 Å². The lowest BCUT2D eigenvalue weighted by atomic mass is 10.1. The summed E-state index contributed by atoms with van der Waals surface area (Å²) in [5, 5.41) is 7.11. The van der Waals surface area contributed by atoms with E-state index in [1.165, 1.54) is 10.7 Å². The highest BCUT2D eigenvalue weighted by Gasteiger charge is 2.19. The molecule has 3 rings (SSSR count). The van der Waals surface area contributed by atoms with Crippen LogP contribution in [0.1, 0.15) is 31.3 Å². The van der Waals surface area contributed by atoms with E-state index in [1.807, 2.05) is 0 Å². The molecule has 1 N–H and O–H groups in total. The fraction of sp³-hybridized carbons (Fsp3) is 0.227. The molecule has 150 valence electrons. The van der Waals surface area contributed by atoms with Crippen molar-refractivity contribution in [2.45, 2.75) is 20.8 Å². The van der Waals surface area contributed by atoms with Crippen LogP contribution in [-0.2, 0) is 9.53 Å². The first-order valence-corrected chi connectivity index (χ1v) is 9.34. The number of anilines is 1. The third kappa shape index (κ3) is 4.51. The van der Waals surface area contributed by atoms with Gasteiger partial charge < -0.3 is 10.1 Å². The number of rotatable bonds is 6. The Morgan fingerprint density at radius 1 is 1.14 bits per heavy atom. The molecule has 1 amide bonds. The molecule has 0 radical (unpaired) electrons. The molecule has 2 aromatic carbocycles. The number of para-hydroxylation sites is 1. The Hall–Kier alpha value is -3.48. The van der Waals surface area contributed by atoms with Crippen molar-refractivity contribution in [1.29, 1.82) is 0 Å². The number of benzene rings is 2. The van der Waals surface area contributed by atoms with Crippen molar-refractivity contribution in [2.75, 3.05) is 11.9 Å². The Kier molecular flexibility index (Phi) is 6.07. The largest absolute Gasteiger partial charge is 0.461 e. The molecule has 1 aromatic heterocycles. The predicted octanol–water partition coefficient (Wildman–Crippen LogP) is 4.45. The van der Waals surface area contributed by atoms with Gasteiger partial charge >= 0.3 is 5.97 Å². The first-order valence-electron chi connectivity index (χ1n) is 9.34. The van der Waals surface area contributed by atoms with Gasteiger partial charge in [0.1, 0.15) is 11.5 Å². The maximum Gasteiger partial charge on any atom is 0.358 e. The first kappa shape index (κ1) is 20.3. The molecule has 6 nitrogen and oxygen atoms in total. The lowest BCUT2D eigenvalue weighted by molar-refractivity contribution is -0.118. The summed E-state index contributed by atoms with van der Waals surface area (Å²) in [4.78, 5) is 24.2. The summed E-state index contributed by atoms with van der Waals surface area (Å²) in [5.41, 5.74) is 2.04. The quantitative estimate of drug-likeness (QED) is 0.626. The molecule has 0 aliphatic rings. The Morgan fingerprint density at radius 3 is 2.59 bits per heavy atom. The summed E-state index contributed by atoms with van der Waals surface area (Å²) in [6.45, 7) is 5.51. The molecule has 7 heteroatoms. The zero-order valence-electron chi connectivity index (χ0n) is 16.5. The molecule has 1 heterocycles. The third-order valence-corrected chi connectivity index (χ3v) is 4.22. The Balaban J connectivity index is 2.09. The second-order valence-corrected chi connectivity index (χ2v) is 6.72. The van der Waals surface area contributed by atoms with E-state index < -0.39 is 11.8 Å². The minimum absolute atomic E-state index is 0.0710. The minimum atomic E-state index is -0.590. The Labute approximate surface area is 168 Å². The molecule has 0 aliphatic carbocycles. The number of carbonyl (C=O) groups is 2. The number of aromatic nitrogens is 2. The van der Waals surface area contributed by atoms with Crippen LogP contribution in [0.25, 0.3) is 16.9 Å². The van der Waals surface area contributed by atoms with Gasteiger partial charge in [0, 0.05) is 17.2 Å². The number of nitrogens with zero attached hydrogens (tertiary/aromatic N) is 2. The second-order valence-electron chi connectivity index (χ2n) is 6.72. The molecule has 3 aromatic rings. The maximum atomic E-state index is 14.4. The van der Waals surface area contributed by atoms with Crippen LogP contribution in [0.15, 0.2) is 54.6 Å². The van der Waals surface area contributed by atoms with Crippen LogP contribution >= 0.6 is 0 Å². The van der Waals surface area contributed by atoms with Gasteiger partial charge in [-0.1, -0.05) is 38.1 Å². The lowest BCUT2D eigenvalue weighted by Crippen LogP contribution is -2.17. The van der Waals surface area contributed by atoms with E-state index in [9.17, 15) is 14.0 Å². The molecule has 0 bridgehead atoms. The smallest absolute Gasteiger partial charge is 0.358 e. The van der Waals surface area contributed by atoms with Crippen LogP contribution in [0.3, 0.4) is 0 Å². The molecule has 0 spiro atoms. The van der Waals surface area contributed by atoms with Crippen molar-refractivity contribution >= 4 is 17.6 Å². The van der Waals surface area contributed by atoms with Gasteiger partial charge in [0.15, 0.2) is 5.69 Å². The molecule has 0 atom stereocenters. The summed E-state index contributed by atoms with van der Waals surface area (Å²) in [6, 6.07) is 14.8. The highest BCUT2D eigenvalue weighted by molar-refractivity contribution is 5.93. The topological polar surface area (TPSA) is 73.2 Å². The minimum Gasteiger partial charge on any atom is -0.461 e. The fourth-order valence-electron chi connectivity index (χ4n) is 2.74. The number of hydrogen-bond donors (Lipinski definition) is 1. The molecule has 0 fully saturated rings. The van der Waals surface area contributed by atoms with E-state index in [2.05, 4.69) is 10.4 Å². The average molecular weight is 395 g/mol. The summed E-state index contributed by atoms with van der Waals surface area (Å²) in [5.74, 6) is -1.35. The normalized spacial score (nSPS) is 10.8. The maximum absolute atomic E-state index is 14.4. The Morgan fingerprint density at radius 2 is 1.90 bits per heavy atom. The molecule has 0 aliphatic heterocycles. The van der Waals surface area contributed by atoms with Gasteiger partial charge in [-0.15, -0.1) is 0 Å². The zero-order valence-corrected chi connectivity index (χ0v) is 16.5. The zero-order chi connectivity index (χ0) is 21.0. The van der Waals surface area contributed by atoms with Gasteiger partial charge in [0.2, 0.25) is 5.91 Å². The number of carbonyl (C=O) groups excluding carboxylic acids is 2. The summed E-state index contributed by atoms with van der Waals surface area (Å²) in [6.07, 6.45) is 0. The number of ether oxygens (including phenoxy) is 1. The Bertz CT molecular complexity index is 1040. The van der Waals surface area contributed by atoms with Crippen LogP contribution in [0.5, 0.6) is 0 Å². The molecule has 0 unspecified atom stereocenters. The van der Waals surface area contributed by atoms with Crippen LogP contribution in [0, 0.1) is 11.7 Å². The van der Waals surface area contributed by atoms with Crippen molar-refractivity contribution in [3.63, 3.8) is 0 Å². The molecule has 29 heavy (non-hydrogen) atoms. The van der Waals surface area contributed by atoms with Gasteiger partial charge in [-0.05, 0) is 37.3 Å². The van der Waals surface area contributed by atoms with Gasteiger partial charge in [-0.25, -0.2) is 13.9 Å². The van der Waals surface area contributed by atoms with E-state index in [1.54, 1.807) is 69.3 Å². The first-order chi connectivity index (χ1) is 13.9. The lowest BCUT2D eigenvalue weighted by Gasteiger charge is -2.11. The van der Waals surface area contributed by atoms with Crippen LogP contribution in [0.2, 0.25) is 0 Å². The van der Waals surface area contributed by atoms with Crippen molar-refractivity contribution in [1.82, 2.24) is 9.78 Å². The second kappa shape index (κ2) is 8.68. The summed E-state index contributed by atoms with van der Waals surface area (Å²) < 4.78 is 20.8. The molecule has 0 saturated carbocycles. The van der Waals surface area contributed by atoms with Gasteiger partial charge in [-0.2, -0.15) is 5.10 Å². The molecular weight excluding hydrogens is 373 g/mol. The van der Waals surface area contributed by atoms with Crippen LogP contribution in [0.4, 0.5) is 10.1 Å². The summed E-state index contributed by atoms with van der Waals surface area (Å²) in [7, 11) is 0. The van der Waals surface area contributed by atoms with Gasteiger partial charge in [-0.3, -0.25) is 4.79 Å². The number of halogens is 1. The fourth-order valence-corrected chi connectivity index (χ4v) is 2.74. The standard InChI is InChI=1S/C22H22FN3O3/c1-4-29-22(28)18-13-20(26(25-18)19-11-6-5-10-17(19)23)15-8-7-9-16(12-15)24-21(27)14(2)3/h5-14H,4H2,1-3H3,(H,24,27). The summed E-state index contributed by atoms with van der Waals surface area (Å²) >= 11 is 0. The van der Waals surface area contributed by atoms with Crippen LogP contribution in [-0.4, -0.2) is 28.3 Å². The van der Waals surface area contributed by atoms with Crippen molar-refractivity contribution in [3.8, 4) is 16.9 Å². The highest BCUT2D eigenvalue weighted by atomic mass is 19.1. The number of hydrogen-bond acceptors (Lipinski definition) is 4. The molecule has 0 saturated heterocycles. The van der Waals surface area contributed by atoms with E-state index in [0.29, 0.717) is 16.9 Å². The monoisotopic (exact) mass is 395 g/mol. The van der Waals surface area contributed by atoms with E-state index in [0.717, 1.165) is 0 Å². The predicted molar refractivity (Wildman–Crippen MR) is 108 cm³/mol. The van der Waals surface area contributed by atoms with E-state index in [4.69, 9.17) is 4.74 Å². The third-order valence-electron chi connectivity index (χ3n) is 4.22. The van der Waals surface area contributed by atoms with Crippen molar-refractivity contribution < 1.29 is 18.7 Å². The van der Waals surface area contributed by atoms with Gasteiger partial charge in [0.05, 0.1) is 12.3 Å². The number of amides is 1. The van der Waals surface area contributed by atoms with Gasteiger partial charge in [0.25, 0.3) is 0 Å². The van der Waals surface area contributed by atoms with E-state index in [-0.39, 0.29) is 29.8 Å². The van der Waals surface area contributed by atoms with Crippen molar-refractivity contribution in [2.24, 2.45) is 5.92 Å². The number of esters is 1. The SMILES string of the molecule is CCOC(=O)c1cc(-c2cccc(NC(=O)C(C)C)c2)n(-c2ccccc2F)n1. The van der Waals surface area contributed by atoms with Crippen molar-refractivity contribution in [3.05, 3.63) is 66.1 Å². The van der Waals surface area contributed by atoms with Crippen LogP contribution < -0.4 is 5.32 Å². The highest BCUT2D eigenvalue weighted by Crippen LogP contribution is 2.28.